The molecule has 0 bridgehead atoms. The molecule has 1 saturated heterocycles. The average molecular weight is 215 g/mol. The van der Waals surface area contributed by atoms with Crippen LogP contribution >= 0.6 is 0 Å². The summed E-state index contributed by atoms with van der Waals surface area (Å²) in [7, 11) is 0. The highest BCUT2D eigenvalue weighted by Crippen LogP contribution is 2.33. The number of benzene rings is 1. The normalized spacial score (nSPS) is 19.4. The molecule has 5 heteroatoms. The Morgan fingerprint density at radius 2 is 1.73 bits per heavy atom. The SMILES string of the molecule is NCC1(c2c(F)cccc2F)OCCO1. The first-order valence-corrected chi connectivity index (χ1v) is 4.62. The van der Waals surface area contributed by atoms with Crippen molar-refractivity contribution in [1.82, 2.24) is 0 Å². The van der Waals surface area contributed by atoms with E-state index in [4.69, 9.17) is 15.2 Å². The lowest BCUT2D eigenvalue weighted by atomic mass is 10.0. The molecule has 0 aromatic heterocycles. The molecule has 1 aliphatic heterocycles. The van der Waals surface area contributed by atoms with Gasteiger partial charge in [-0.05, 0) is 12.1 Å². The molecule has 1 aliphatic rings. The van der Waals surface area contributed by atoms with Crippen molar-refractivity contribution >= 4 is 0 Å². The molecule has 1 aromatic carbocycles. The van der Waals surface area contributed by atoms with Crippen LogP contribution in [0.3, 0.4) is 0 Å². The Morgan fingerprint density at radius 1 is 1.20 bits per heavy atom. The smallest absolute Gasteiger partial charge is 0.213 e. The van der Waals surface area contributed by atoms with E-state index in [1.54, 1.807) is 0 Å². The number of halogens is 2. The summed E-state index contributed by atoms with van der Waals surface area (Å²) in [4.78, 5) is 0. The molecule has 0 saturated carbocycles. The lowest BCUT2D eigenvalue weighted by molar-refractivity contribution is -0.161. The van der Waals surface area contributed by atoms with Crippen LogP contribution in [0.25, 0.3) is 0 Å². The molecule has 1 fully saturated rings. The molecule has 3 nitrogen and oxygen atoms in total. The predicted molar refractivity (Wildman–Crippen MR) is 49.0 cm³/mol. The second-order valence-corrected chi connectivity index (χ2v) is 3.25. The van der Waals surface area contributed by atoms with Crippen LogP contribution in [0.1, 0.15) is 5.56 Å². The monoisotopic (exact) mass is 215 g/mol. The van der Waals surface area contributed by atoms with Crippen molar-refractivity contribution < 1.29 is 18.3 Å². The third-order valence-corrected chi connectivity index (χ3v) is 2.37. The number of rotatable bonds is 2. The van der Waals surface area contributed by atoms with Gasteiger partial charge in [-0.15, -0.1) is 0 Å². The van der Waals surface area contributed by atoms with Gasteiger partial charge in [0.1, 0.15) is 11.6 Å². The van der Waals surface area contributed by atoms with Crippen LogP contribution in [-0.4, -0.2) is 19.8 Å². The zero-order valence-electron chi connectivity index (χ0n) is 8.00. The summed E-state index contributed by atoms with van der Waals surface area (Å²) < 4.78 is 37.4. The Bertz CT molecular complexity index is 344. The standard InChI is InChI=1S/C10H11F2NO2/c11-7-2-1-3-8(12)9(7)10(6-13)14-4-5-15-10/h1-3H,4-6,13H2. The summed E-state index contributed by atoms with van der Waals surface area (Å²) in [6.45, 7) is 0.445. The van der Waals surface area contributed by atoms with E-state index >= 15 is 0 Å². The van der Waals surface area contributed by atoms with Crippen molar-refractivity contribution in [2.45, 2.75) is 5.79 Å². The molecule has 0 radical (unpaired) electrons. The van der Waals surface area contributed by atoms with Gasteiger partial charge in [0.25, 0.3) is 0 Å². The van der Waals surface area contributed by atoms with Crippen LogP contribution in [0, 0.1) is 11.6 Å². The molecular weight excluding hydrogens is 204 g/mol. The van der Waals surface area contributed by atoms with Crippen LogP contribution < -0.4 is 5.73 Å². The summed E-state index contributed by atoms with van der Waals surface area (Å²) in [5.74, 6) is -2.88. The van der Waals surface area contributed by atoms with Gasteiger partial charge in [-0.25, -0.2) is 8.78 Å². The van der Waals surface area contributed by atoms with Gasteiger partial charge in [0.15, 0.2) is 0 Å². The summed E-state index contributed by atoms with van der Waals surface area (Å²) in [6, 6.07) is 3.59. The van der Waals surface area contributed by atoms with Crippen molar-refractivity contribution in [2.75, 3.05) is 19.8 Å². The maximum atomic E-state index is 13.5. The fraction of sp³-hybridized carbons (Fsp3) is 0.400. The summed E-state index contributed by atoms with van der Waals surface area (Å²) >= 11 is 0. The average Bonchev–Trinajstić information content (AvgIpc) is 2.67. The van der Waals surface area contributed by atoms with Crippen molar-refractivity contribution in [3.8, 4) is 0 Å². The van der Waals surface area contributed by atoms with E-state index in [9.17, 15) is 8.78 Å². The second kappa shape index (κ2) is 3.84. The molecular formula is C10H11F2NO2. The zero-order valence-corrected chi connectivity index (χ0v) is 8.00. The second-order valence-electron chi connectivity index (χ2n) is 3.25. The minimum absolute atomic E-state index is 0.120. The quantitative estimate of drug-likeness (QED) is 0.804. The Morgan fingerprint density at radius 3 is 2.20 bits per heavy atom. The van der Waals surface area contributed by atoms with Gasteiger partial charge in [-0.2, -0.15) is 0 Å². The number of hydrogen-bond donors (Lipinski definition) is 1. The molecule has 2 rings (SSSR count). The molecule has 0 amide bonds. The first kappa shape index (κ1) is 10.5. The highest BCUT2D eigenvalue weighted by Gasteiger charge is 2.41. The minimum atomic E-state index is -1.46. The van der Waals surface area contributed by atoms with Crippen LogP contribution in [-0.2, 0) is 15.3 Å². The van der Waals surface area contributed by atoms with E-state index in [2.05, 4.69) is 0 Å². The number of nitrogens with two attached hydrogens (primary N) is 1. The van der Waals surface area contributed by atoms with E-state index in [0.717, 1.165) is 12.1 Å². The molecule has 15 heavy (non-hydrogen) atoms. The lowest BCUT2D eigenvalue weighted by Crippen LogP contribution is -2.38. The molecule has 0 aliphatic carbocycles. The van der Waals surface area contributed by atoms with E-state index in [1.165, 1.54) is 6.07 Å². The highest BCUT2D eigenvalue weighted by molar-refractivity contribution is 5.25. The van der Waals surface area contributed by atoms with Crippen molar-refractivity contribution in [1.29, 1.82) is 0 Å². The van der Waals surface area contributed by atoms with E-state index in [-0.39, 0.29) is 25.3 Å². The van der Waals surface area contributed by atoms with Gasteiger partial charge < -0.3 is 15.2 Å². The van der Waals surface area contributed by atoms with Crippen LogP contribution in [0.5, 0.6) is 0 Å². The zero-order chi connectivity index (χ0) is 10.9. The highest BCUT2D eigenvalue weighted by atomic mass is 19.1. The maximum absolute atomic E-state index is 13.5. The number of ether oxygens (including phenoxy) is 2. The molecule has 1 heterocycles. The van der Waals surface area contributed by atoms with Gasteiger partial charge in [0.2, 0.25) is 5.79 Å². The van der Waals surface area contributed by atoms with Crippen LogP contribution in [0.2, 0.25) is 0 Å². The lowest BCUT2D eigenvalue weighted by Gasteiger charge is -2.26. The summed E-state index contributed by atoms with van der Waals surface area (Å²) in [5.41, 5.74) is 5.21. The first-order chi connectivity index (χ1) is 7.19. The third-order valence-electron chi connectivity index (χ3n) is 2.37. The Balaban J connectivity index is 2.51. The van der Waals surface area contributed by atoms with Gasteiger partial charge in [-0.3, -0.25) is 0 Å². The van der Waals surface area contributed by atoms with E-state index in [0.29, 0.717) is 0 Å². The van der Waals surface area contributed by atoms with E-state index in [1.807, 2.05) is 0 Å². The Kier molecular flexibility index (Phi) is 2.68. The summed E-state index contributed by atoms with van der Waals surface area (Å²) in [5, 5.41) is 0. The number of hydrogen-bond acceptors (Lipinski definition) is 3. The van der Waals surface area contributed by atoms with Crippen molar-refractivity contribution in [3.05, 3.63) is 35.4 Å². The predicted octanol–water partition coefficient (Wildman–Crippen LogP) is 1.12. The molecule has 1 aromatic rings. The molecule has 2 N–H and O–H groups in total. The van der Waals surface area contributed by atoms with E-state index < -0.39 is 17.4 Å². The molecule has 0 atom stereocenters. The third kappa shape index (κ3) is 1.62. The van der Waals surface area contributed by atoms with Gasteiger partial charge >= 0.3 is 0 Å². The van der Waals surface area contributed by atoms with Gasteiger partial charge in [0, 0.05) is 0 Å². The molecule has 0 unspecified atom stereocenters. The van der Waals surface area contributed by atoms with Gasteiger partial charge in [-0.1, -0.05) is 6.07 Å². The van der Waals surface area contributed by atoms with Crippen molar-refractivity contribution in [3.63, 3.8) is 0 Å². The Hall–Kier alpha value is -1.04. The molecule has 0 spiro atoms. The largest absolute Gasteiger partial charge is 0.342 e. The summed E-state index contributed by atoms with van der Waals surface area (Å²) in [6.07, 6.45) is 0. The van der Waals surface area contributed by atoms with Crippen LogP contribution in [0.4, 0.5) is 8.78 Å². The maximum Gasteiger partial charge on any atom is 0.213 e. The van der Waals surface area contributed by atoms with Gasteiger partial charge in [0.05, 0.1) is 25.3 Å². The first-order valence-electron chi connectivity index (χ1n) is 4.62. The molecule has 82 valence electrons. The fourth-order valence-corrected chi connectivity index (χ4v) is 1.68. The van der Waals surface area contributed by atoms with Crippen molar-refractivity contribution in [2.24, 2.45) is 5.73 Å². The Labute approximate surface area is 85.8 Å². The van der Waals surface area contributed by atoms with Crippen LogP contribution in [0.15, 0.2) is 18.2 Å². The fourth-order valence-electron chi connectivity index (χ4n) is 1.68. The minimum Gasteiger partial charge on any atom is -0.342 e. The topological polar surface area (TPSA) is 44.5 Å².